The number of amides is 1. The molecule has 4 nitrogen and oxygen atoms in total. The molecule has 0 spiro atoms. The first-order chi connectivity index (χ1) is 9.10. The average molecular weight is 265 g/mol. The van der Waals surface area contributed by atoms with Crippen molar-refractivity contribution >= 4 is 11.7 Å². The molecule has 1 fully saturated rings. The van der Waals surface area contributed by atoms with Gasteiger partial charge in [0.25, 0.3) is 0 Å². The Kier molecular flexibility index (Phi) is 4.14. The number of nitrogens with zero attached hydrogens (tertiary/aromatic N) is 1. The van der Waals surface area contributed by atoms with Gasteiger partial charge >= 0.3 is 0 Å². The molecule has 1 heterocycles. The van der Waals surface area contributed by atoms with Gasteiger partial charge in [0.2, 0.25) is 5.91 Å². The van der Waals surface area contributed by atoms with Gasteiger partial charge in [-0.15, -0.1) is 0 Å². The van der Waals surface area contributed by atoms with Crippen LogP contribution in [0.4, 0.5) is 4.39 Å². The van der Waals surface area contributed by atoms with E-state index in [1.807, 2.05) is 0 Å². The summed E-state index contributed by atoms with van der Waals surface area (Å²) in [6.45, 7) is 0.937. The number of ether oxygens (including phenoxy) is 1. The molecule has 19 heavy (non-hydrogen) atoms. The highest BCUT2D eigenvalue weighted by Crippen LogP contribution is 2.18. The Morgan fingerprint density at radius 2 is 2.05 bits per heavy atom. The molecule has 1 aromatic rings. The van der Waals surface area contributed by atoms with Crippen molar-refractivity contribution < 1.29 is 18.7 Å². The first kappa shape index (κ1) is 13.5. The smallest absolute Gasteiger partial charge is 0.227 e. The van der Waals surface area contributed by atoms with Gasteiger partial charge in [-0.05, 0) is 17.7 Å². The zero-order valence-electron chi connectivity index (χ0n) is 10.8. The van der Waals surface area contributed by atoms with E-state index in [0.29, 0.717) is 31.5 Å². The van der Waals surface area contributed by atoms with E-state index in [2.05, 4.69) is 0 Å². The van der Waals surface area contributed by atoms with Crippen molar-refractivity contribution in [3.63, 3.8) is 0 Å². The van der Waals surface area contributed by atoms with Gasteiger partial charge in [-0.2, -0.15) is 0 Å². The lowest BCUT2D eigenvalue weighted by Gasteiger charge is -2.26. The minimum absolute atomic E-state index is 0.0722. The average Bonchev–Trinajstić information content (AvgIpc) is 2.39. The lowest BCUT2D eigenvalue weighted by Crippen LogP contribution is -2.39. The molecule has 102 valence electrons. The number of benzene rings is 1. The number of piperidine rings is 1. The summed E-state index contributed by atoms with van der Waals surface area (Å²) in [7, 11) is 1.40. The fourth-order valence-electron chi connectivity index (χ4n) is 2.11. The molecule has 1 aliphatic rings. The van der Waals surface area contributed by atoms with E-state index in [4.69, 9.17) is 4.74 Å². The van der Waals surface area contributed by atoms with Gasteiger partial charge < -0.3 is 9.64 Å². The summed E-state index contributed by atoms with van der Waals surface area (Å²) < 4.78 is 18.3. The first-order valence-electron chi connectivity index (χ1n) is 6.22. The summed E-state index contributed by atoms with van der Waals surface area (Å²) in [4.78, 5) is 24.8. The number of carbonyl (C=O) groups is 2. The number of ketones is 1. The van der Waals surface area contributed by atoms with Gasteiger partial charge in [-0.1, -0.05) is 6.07 Å². The highest BCUT2D eigenvalue weighted by molar-refractivity contribution is 5.84. The van der Waals surface area contributed by atoms with Gasteiger partial charge in [0, 0.05) is 25.9 Å². The minimum Gasteiger partial charge on any atom is -0.494 e. The van der Waals surface area contributed by atoms with E-state index >= 15 is 0 Å². The Labute approximate surface area is 111 Å². The molecule has 5 heteroatoms. The maximum Gasteiger partial charge on any atom is 0.227 e. The molecular formula is C14H16FNO3. The summed E-state index contributed by atoms with van der Waals surface area (Å²) in [5.41, 5.74) is 0.611. The van der Waals surface area contributed by atoms with Crippen molar-refractivity contribution in [2.45, 2.75) is 19.3 Å². The number of hydrogen-bond acceptors (Lipinski definition) is 3. The third-order valence-electron chi connectivity index (χ3n) is 3.25. The summed E-state index contributed by atoms with van der Waals surface area (Å²) >= 11 is 0. The van der Waals surface area contributed by atoms with E-state index in [1.54, 1.807) is 11.0 Å². The second kappa shape index (κ2) is 5.82. The van der Waals surface area contributed by atoms with Crippen LogP contribution in [-0.2, 0) is 16.0 Å². The zero-order valence-corrected chi connectivity index (χ0v) is 10.8. The minimum atomic E-state index is -0.471. The van der Waals surface area contributed by atoms with Crippen LogP contribution in [0.15, 0.2) is 18.2 Å². The zero-order chi connectivity index (χ0) is 13.8. The van der Waals surface area contributed by atoms with Crippen LogP contribution >= 0.6 is 0 Å². The molecule has 2 rings (SSSR count). The van der Waals surface area contributed by atoms with Crippen LogP contribution in [-0.4, -0.2) is 36.8 Å². The van der Waals surface area contributed by atoms with Crippen LogP contribution in [0.5, 0.6) is 5.75 Å². The van der Waals surface area contributed by atoms with Gasteiger partial charge in [0.05, 0.1) is 13.5 Å². The Hall–Kier alpha value is -1.91. The molecule has 0 aliphatic carbocycles. The maximum atomic E-state index is 13.5. The van der Waals surface area contributed by atoms with Crippen molar-refractivity contribution in [1.82, 2.24) is 4.90 Å². The largest absolute Gasteiger partial charge is 0.494 e. The van der Waals surface area contributed by atoms with E-state index in [1.165, 1.54) is 19.2 Å². The highest BCUT2D eigenvalue weighted by Gasteiger charge is 2.20. The second-order valence-corrected chi connectivity index (χ2v) is 4.57. The Morgan fingerprint density at radius 1 is 1.37 bits per heavy atom. The van der Waals surface area contributed by atoms with Crippen molar-refractivity contribution in [2.75, 3.05) is 20.2 Å². The molecular weight excluding hydrogens is 249 g/mol. The van der Waals surface area contributed by atoms with E-state index in [-0.39, 0.29) is 23.9 Å². The molecule has 0 radical (unpaired) electrons. The van der Waals surface area contributed by atoms with Crippen molar-refractivity contribution in [3.8, 4) is 5.75 Å². The summed E-state index contributed by atoms with van der Waals surface area (Å²) in [6, 6.07) is 4.50. The van der Waals surface area contributed by atoms with Gasteiger partial charge in [-0.3, -0.25) is 9.59 Å². The summed E-state index contributed by atoms with van der Waals surface area (Å²) in [5, 5.41) is 0. The van der Waals surface area contributed by atoms with Crippen LogP contribution in [0.25, 0.3) is 0 Å². The number of rotatable bonds is 3. The quantitative estimate of drug-likeness (QED) is 0.833. The fraction of sp³-hybridized carbons (Fsp3) is 0.429. The van der Waals surface area contributed by atoms with Crippen LogP contribution < -0.4 is 4.74 Å². The number of hydrogen-bond donors (Lipinski definition) is 0. The molecule has 1 aromatic carbocycles. The summed E-state index contributed by atoms with van der Waals surface area (Å²) in [6.07, 6.45) is 0.987. The molecule has 1 amide bonds. The molecule has 1 saturated heterocycles. The molecule has 0 saturated carbocycles. The predicted octanol–water partition coefficient (Wildman–Crippen LogP) is 1.57. The normalized spacial score (nSPS) is 15.5. The fourth-order valence-corrected chi connectivity index (χ4v) is 2.11. The SMILES string of the molecule is COc1ccc(CC(=O)N2CCC(=O)CC2)cc1F. The van der Waals surface area contributed by atoms with E-state index < -0.39 is 5.82 Å². The lowest BCUT2D eigenvalue weighted by atomic mass is 10.1. The third kappa shape index (κ3) is 3.30. The van der Waals surface area contributed by atoms with Gasteiger partial charge in [0.1, 0.15) is 5.78 Å². The topological polar surface area (TPSA) is 46.6 Å². The molecule has 0 N–H and O–H groups in total. The first-order valence-corrected chi connectivity index (χ1v) is 6.22. The Balaban J connectivity index is 1.99. The maximum absolute atomic E-state index is 13.5. The molecule has 0 bridgehead atoms. The number of halogens is 1. The number of carbonyl (C=O) groups excluding carboxylic acids is 2. The second-order valence-electron chi connectivity index (χ2n) is 4.57. The van der Waals surface area contributed by atoms with Gasteiger partial charge in [-0.25, -0.2) is 4.39 Å². The molecule has 0 unspecified atom stereocenters. The number of methoxy groups -OCH3 is 1. The Bertz CT molecular complexity index is 491. The van der Waals surface area contributed by atoms with Crippen molar-refractivity contribution in [3.05, 3.63) is 29.6 Å². The van der Waals surface area contributed by atoms with Gasteiger partial charge in [0.15, 0.2) is 11.6 Å². The van der Waals surface area contributed by atoms with Crippen LogP contribution in [0.1, 0.15) is 18.4 Å². The van der Waals surface area contributed by atoms with E-state index in [9.17, 15) is 14.0 Å². The van der Waals surface area contributed by atoms with Crippen molar-refractivity contribution in [2.24, 2.45) is 0 Å². The summed E-state index contributed by atoms with van der Waals surface area (Å²) in [5.74, 6) is -0.182. The predicted molar refractivity (Wildman–Crippen MR) is 67.5 cm³/mol. The molecule has 1 aliphatic heterocycles. The monoisotopic (exact) mass is 265 g/mol. The number of likely N-dealkylation sites (tertiary alicyclic amines) is 1. The van der Waals surface area contributed by atoms with Crippen LogP contribution in [0.3, 0.4) is 0 Å². The highest BCUT2D eigenvalue weighted by atomic mass is 19.1. The number of Topliss-reactive ketones (excluding diaryl/α,β-unsaturated/α-hetero) is 1. The van der Waals surface area contributed by atoms with Crippen LogP contribution in [0, 0.1) is 5.82 Å². The van der Waals surface area contributed by atoms with Crippen LogP contribution in [0.2, 0.25) is 0 Å². The lowest BCUT2D eigenvalue weighted by molar-refractivity contribution is -0.133. The molecule has 0 atom stereocenters. The van der Waals surface area contributed by atoms with E-state index in [0.717, 1.165) is 0 Å². The molecule has 0 aromatic heterocycles. The standard InChI is InChI=1S/C14H16FNO3/c1-19-13-3-2-10(8-12(13)15)9-14(18)16-6-4-11(17)5-7-16/h2-3,8H,4-7,9H2,1H3. The van der Waals surface area contributed by atoms with Crippen molar-refractivity contribution in [1.29, 1.82) is 0 Å². The third-order valence-corrected chi connectivity index (χ3v) is 3.25. The Morgan fingerprint density at radius 3 is 2.63 bits per heavy atom.